The molecule has 0 atom stereocenters. The van der Waals surface area contributed by atoms with Gasteiger partial charge in [-0.1, -0.05) is 18.2 Å². The summed E-state index contributed by atoms with van der Waals surface area (Å²) in [6.45, 7) is 1.99. The van der Waals surface area contributed by atoms with E-state index in [0.29, 0.717) is 0 Å². The number of aryl methyl sites for hydroxylation is 1. The normalized spacial score (nSPS) is 21.6. The smallest absolute Gasteiger partial charge is 0.0966 e. The minimum atomic E-state index is 0.0672. The first-order valence-corrected chi connectivity index (χ1v) is 6.18. The van der Waals surface area contributed by atoms with Crippen LogP contribution in [-0.4, -0.2) is 25.8 Å². The quantitative estimate of drug-likeness (QED) is 0.832. The van der Waals surface area contributed by atoms with E-state index in [1.54, 1.807) is 11.1 Å². The van der Waals surface area contributed by atoms with Gasteiger partial charge in [-0.05, 0) is 36.0 Å². The number of ether oxygens (including phenoxy) is 1. The molecule has 0 aromatic heterocycles. The fourth-order valence-electron chi connectivity index (χ4n) is 2.96. The van der Waals surface area contributed by atoms with Gasteiger partial charge in [0.2, 0.25) is 0 Å². The second kappa shape index (κ2) is 3.86. The van der Waals surface area contributed by atoms with Gasteiger partial charge in [-0.25, -0.2) is 0 Å². The van der Waals surface area contributed by atoms with Crippen molar-refractivity contribution in [2.45, 2.75) is 31.3 Å². The van der Waals surface area contributed by atoms with Crippen LogP contribution < -0.4 is 5.32 Å². The molecule has 1 N–H and O–H groups in total. The van der Waals surface area contributed by atoms with Crippen LogP contribution in [0.15, 0.2) is 18.2 Å². The summed E-state index contributed by atoms with van der Waals surface area (Å²) in [7, 11) is 1.84. The van der Waals surface area contributed by atoms with E-state index < -0.39 is 0 Å². The van der Waals surface area contributed by atoms with Crippen molar-refractivity contribution in [3.63, 3.8) is 0 Å². The molecule has 0 spiro atoms. The van der Waals surface area contributed by atoms with Crippen LogP contribution in [-0.2, 0) is 24.0 Å². The number of fused-ring (bicyclic) bond motifs is 1. The first-order chi connectivity index (χ1) is 7.83. The Labute approximate surface area is 97.0 Å². The fourth-order valence-corrected chi connectivity index (χ4v) is 2.96. The first kappa shape index (κ1) is 10.3. The third kappa shape index (κ3) is 1.57. The van der Waals surface area contributed by atoms with Crippen molar-refractivity contribution in [2.24, 2.45) is 0 Å². The molecule has 3 rings (SSSR count). The van der Waals surface area contributed by atoms with Crippen molar-refractivity contribution in [1.29, 1.82) is 0 Å². The molecule has 0 unspecified atom stereocenters. The van der Waals surface area contributed by atoms with E-state index in [1.807, 2.05) is 7.11 Å². The fraction of sp³-hybridized carbons (Fsp3) is 0.571. The largest absolute Gasteiger partial charge is 0.375 e. The van der Waals surface area contributed by atoms with Gasteiger partial charge in [0.05, 0.1) is 5.60 Å². The summed E-state index contributed by atoms with van der Waals surface area (Å²) < 4.78 is 5.67. The van der Waals surface area contributed by atoms with Crippen molar-refractivity contribution in [3.8, 4) is 0 Å². The Balaban J connectivity index is 1.87. The van der Waals surface area contributed by atoms with Gasteiger partial charge in [0, 0.05) is 26.6 Å². The third-order valence-corrected chi connectivity index (χ3v) is 4.08. The van der Waals surface area contributed by atoms with Gasteiger partial charge in [0.25, 0.3) is 0 Å². The molecule has 1 heterocycles. The molecular formula is C14H19NO. The standard InChI is InChI=1S/C14H19NO/c1-16-14(9-15-10-14)8-12-6-2-4-11-5-3-7-13(11)12/h2,4,6,15H,3,5,7-10H2,1H3. The molecule has 1 aromatic carbocycles. The summed E-state index contributed by atoms with van der Waals surface area (Å²) in [5.74, 6) is 0. The molecule has 0 bridgehead atoms. The summed E-state index contributed by atoms with van der Waals surface area (Å²) >= 11 is 0. The lowest BCUT2D eigenvalue weighted by Crippen LogP contribution is -2.62. The Hall–Kier alpha value is -0.860. The van der Waals surface area contributed by atoms with Gasteiger partial charge in [-0.3, -0.25) is 0 Å². The summed E-state index contributed by atoms with van der Waals surface area (Å²) in [4.78, 5) is 0. The van der Waals surface area contributed by atoms with Crippen molar-refractivity contribution in [2.75, 3.05) is 20.2 Å². The van der Waals surface area contributed by atoms with Gasteiger partial charge in [-0.15, -0.1) is 0 Å². The van der Waals surface area contributed by atoms with Gasteiger partial charge < -0.3 is 10.1 Å². The van der Waals surface area contributed by atoms with E-state index in [9.17, 15) is 0 Å². The topological polar surface area (TPSA) is 21.3 Å². The Kier molecular flexibility index (Phi) is 2.49. The lowest BCUT2D eigenvalue weighted by Gasteiger charge is -2.41. The molecule has 2 heteroatoms. The van der Waals surface area contributed by atoms with E-state index in [-0.39, 0.29) is 5.60 Å². The zero-order valence-corrected chi connectivity index (χ0v) is 9.88. The van der Waals surface area contributed by atoms with Gasteiger partial charge in [0.15, 0.2) is 0 Å². The minimum Gasteiger partial charge on any atom is -0.375 e. The Morgan fingerprint density at radius 2 is 2.19 bits per heavy atom. The predicted octanol–water partition coefficient (Wildman–Crippen LogP) is 1.71. The zero-order chi connectivity index (χ0) is 11.0. The zero-order valence-electron chi connectivity index (χ0n) is 9.88. The van der Waals surface area contributed by atoms with Crippen LogP contribution in [0.1, 0.15) is 23.1 Å². The van der Waals surface area contributed by atoms with Crippen molar-refractivity contribution < 1.29 is 4.74 Å². The van der Waals surface area contributed by atoms with E-state index in [2.05, 4.69) is 23.5 Å². The summed E-state index contributed by atoms with van der Waals surface area (Å²) in [6, 6.07) is 6.77. The first-order valence-electron chi connectivity index (χ1n) is 6.18. The molecule has 16 heavy (non-hydrogen) atoms. The monoisotopic (exact) mass is 217 g/mol. The Morgan fingerprint density at radius 3 is 2.88 bits per heavy atom. The van der Waals surface area contributed by atoms with E-state index in [1.165, 1.54) is 24.8 Å². The van der Waals surface area contributed by atoms with Gasteiger partial charge in [0.1, 0.15) is 0 Å². The van der Waals surface area contributed by atoms with Crippen LogP contribution in [0.3, 0.4) is 0 Å². The maximum absolute atomic E-state index is 5.67. The lowest BCUT2D eigenvalue weighted by molar-refractivity contribution is -0.0503. The number of hydrogen-bond donors (Lipinski definition) is 1. The second-order valence-corrected chi connectivity index (χ2v) is 5.08. The van der Waals surface area contributed by atoms with Crippen LogP contribution in [0.25, 0.3) is 0 Å². The van der Waals surface area contributed by atoms with Crippen LogP contribution in [0.4, 0.5) is 0 Å². The lowest BCUT2D eigenvalue weighted by atomic mass is 9.86. The highest BCUT2D eigenvalue weighted by molar-refractivity contribution is 5.39. The molecule has 1 aliphatic carbocycles. The number of methoxy groups -OCH3 is 1. The molecule has 86 valence electrons. The molecule has 1 aromatic rings. The van der Waals surface area contributed by atoms with Crippen LogP contribution >= 0.6 is 0 Å². The molecule has 1 saturated heterocycles. The van der Waals surface area contributed by atoms with Crippen LogP contribution in [0.2, 0.25) is 0 Å². The van der Waals surface area contributed by atoms with Crippen molar-refractivity contribution >= 4 is 0 Å². The predicted molar refractivity (Wildman–Crippen MR) is 64.8 cm³/mol. The molecule has 0 radical (unpaired) electrons. The maximum Gasteiger partial charge on any atom is 0.0966 e. The van der Waals surface area contributed by atoms with Crippen molar-refractivity contribution in [3.05, 3.63) is 34.9 Å². The second-order valence-electron chi connectivity index (χ2n) is 5.08. The number of nitrogens with one attached hydrogen (secondary N) is 1. The van der Waals surface area contributed by atoms with Crippen LogP contribution in [0.5, 0.6) is 0 Å². The Morgan fingerprint density at radius 1 is 1.31 bits per heavy atom. The third-order valence-electron chi connectivity index (χ3n) is 4.08. The average molecular weight is 217 g/mol. The highest BCUT2D eigenvalue weighted by atomic mass is 16.5. The summed E-state index contributed by atoms with van der Waals surface area (Å²) in [5.41, 5.74) is 4.75. The van der Waals surface area contributed by atoms with Gasteiger partial charge in [-0.2, -0.15) is 0 Å². The van der Waals surface area contributed by atoms with E-state index in [0.717, 1.165) is 19.5 Å². The molecule has 2 nitrogen and oxygen atoms in total. The highest BCUT2D eigenvalue weighted by Crippen LogP contribution is 2.30. The van der Waals surface area contributed by atoms with E-state index in [4.69, 9.17) is 4.74 Å². The molecule has 2 aliphatic rings. The SMILES string of the molecule is COC1(Cc2cccc3c2CCC3)CNC1. The highest BCUT2D eigenvalue weighted by Gasteiger charge is 2.37. The molecule has 0 saturated carbocycles. The molecule has 1 fully saturated rings. The number of rotatable bonds is 3. The Bertz CT molecular complexity index is 390. The number of hydrogen-bond acceptors (Lipinski definition) is 2. The molecule has 0 amide bonds. The molecule has 1 aliphatic heterocycles. The summed E-state index contributed by atoms with van der Waals surface area (Å²) in [6.07, 6.45) is 4.92. The number of benzene rings is 1. The average Bonchev–Trinajstić information content (AvgIpc) is 2.72. The minimum absolute atomic E-state index is 0.0672. The van der Waals surface area contributed by atoms with Crippen molar-refractivity contribution in [1.82, 2.24) is 5.32 Å². The maximum atomic E-state index is 5.67. The molecular weight excluding hydrogens is 198 g/mol. The summed E-state index contributed by atoms with van der Waals surface area (Å²) in [5, 5.41) is 3.32. The van der Waals surface area contributed by atoms with Crippen LogP contribution in [0, 0.1) is 0 Å². The van der Waals surface area contributed by atoms with Gasteiger partial charge >= 0.3 is 0 Å². The van der Waals surface area contributed by atoms with E-state index >= 15 is 0 Å².